The summed E-state index contributed by atoms with van der Waals surface area (Å²) >= 11 is 1.40. The van der Waals surface area contributed by atoms with Crippen LogP contribution >= 0.6 is 11.3 Å². The van der Waals surface area contributed by atoms with E-state index in [4.69, 9.17) is 4.74 Å². The van der Waals surface area contributed by atoms with Crippen LogP contribution in [0.5, 0.6) is 5.75 Å². The number of ether oxygens (including phenoxy) is 1. The van der Waals surface area contributed by atoms with E-state index in [9.17, 15) is 4.79 Å². The molecule has 0 aliphatic heterocycles. The highest BCUT2D eigenvalue weighted by Crippen LogP contribution is 2.36. The second-order valence-electron chi connectivity index (χ2n) is 5.42. The number of nitrogens with one attached hydrogen (secondary N) is 1. The molecule has 0 saturated carbocycles. The fraction of sp³-hybridized carbons (Fsp3) is 0.0526. The molecule has 0 fully saturated rings. The summed E-state index contributed by atoms with van der Waals surface area (Å²) in [5.41, 5.74) is 5.59. The maximum absolute atomic E-state index is 12.8. The highest BCUT2D eigenvalue weighted by atomic mass is 32.1. The molecule has 5 nitrogen and oxygen atoms in total. The van der Waals surface area contributed by atoms with Crippen molar-refractivity contribution in [3.8, 4) is 16.2 Å². The van der Waals surface area contributed by atoms with Gasteiger partial charge in [-0.15, -0.1) is 11.3 Å². The minimum Gasteiger partial charge on any atom is -0.495 e. The molecule has 0 bridgehead atoms. The second kappa shape index (κ2) is 6.41. The van der Waals surface area contributed by atoms with Gasteiger partial charge < -0.3 is 4.74 Å². The molecule has 2 aromatic heterocycles. The molecule has 4 rings (SSSR count). The molecule has 0 spiro atoms. The van der Waals surface area contributed by atoms with Crippen LogP contribution in [0.2, 0.25) is 0 Å². The maximum Gasteiger partial charge on any atom is 0.284 e. The lowest BCUT2D eigenvalue weighted by molar-refractivity contribution is 0.101. The molecule has 25 heavy (non-hydrogen) atoms. The molecule has 0 saturated heterocycles. The Hall–Kier alpha value is -3.12. The zero-order valence-corrected chi connectivity index (χ0v) is 14.3. The first-order valence-corrected chi connectivity index (χ1v) is 8.54. The molecule has 124 valence electrons. The molecule has 0 aliphatic carbocycles. The molecule has 2 aromatic carbocycles. The van der Waals surface area contributed by atoms with Gasteiger partial charge in [-0.3, -0.25) is 10.2 Å². The highest BCUT2D eigenvalue weighted by molar-refractivity contribution is 7.17. The largest absolute Gasteiger partial charge is 0.495 e. The third kappa shape index (κ3) is 2.88. The molecule has 6 heteroatoms. The number of nitrogens with zero attached hydrogens (tertiary/aromatic N) is 2. The van der Waals surface area contributed by atoms with E-state index in [1.807, 2.05) is 60.7 Å². The van der Waals surface area contributed by atoms with Gasteiger partial charge in [0.15, 0.2) is 0 Å². The summed E-state index contributed by atoms with van der Waals surface area (Å²) in [7, 11) is 1.57. The third-order valence-corrected chi connectivity index (χ3v) is 5.02. The summed E-state index contributed by atoms with van der Waals surface area (Å²) in [4.78, 5) is 18.5. The molecule has 0 radical (unpaired) electrons. The first-order chi connectivity index (χ1) is 12.3. The van der Waals surface area contributed by atoms with Gasteiger partial charge in [-0.1, -0.05) is 42.5 Å². The van der Waals surface area contributed by atoms with Crippen LogP contribution < -0.4 is 10.2 Å². The van der Waals surface area contributed by atoms with Crippen LogP contribution in [-0.2, 0) is 0 Å². The van der Waals surface area contributed by atoms with Gasteiger partial charge in [0.1, 0.15) is 17.0 Å². The number of benzene rings is 2. The Kier molecular flexibility index (Phi) is 3.95. The summed E-state index contributed by atoms with van der Waals surface area (Å²) in [5, 5.41) is 0. The normalized spacial score (nSPS) is 10.8. The number of hydrogen-bond donors (Lipinski definition) is 1. The lowest BCUT2D eigenvalue weighted by Crippen LogP contribution is -2.21. The van der Waals surface area contributed by atoms with Crippen LogP contribution in [0.4, 0.5) is 0 Å². The number of fused-ring (bicyclic) bond motifs is 1. The topological polar surface area (TPSA) is 56.1 Å². The van der Waals surface area contributed by atoms with Gasteiger partial charge >= 0.3 is 0 Å². The van der Waals surface area contributed by atoms with Crippen molar-refractivity contribution >= 4 is 28.3 Å². The van der Waals surface area contributed by atoms with Crippen molar-refractivity contribution < 1.29 is 9.53 Å². The Morgan fingerprint density at radius 2 is 1.88 bits per heavy atom. The van der Waals surface area contributed by atoms with Crippen LogP contribution in [0.25, 0.3) is 21.5 Å². The second-order valence-corrected chi connectivity index (χ2v) is 6.47. The van der Waals surface area contributed by atoms with E-state index in [0.717, 1.165) is 21.5 Å². The molecule has 1 amide bonds. The summed E-state index contributed by atoms with van der Waals surface area (Å²) < 4.78 is 7.02. The van der Waals surface area contributed by atoms with Gasteiger partial charge in [-0.25, -0.2) is 9.66 Å². The molecule has 0 atom stereocenters. The van der Waals surface area contributed by atoms with E-state index >= 15 is 0 Å². The first-order valence-electron chi connectivity index (χ1n) is 7.73. The standard InChI is InChI=1S/C19H15N3O2S/c1-24-16-11-17(13-7-3-2-4-8-13)25-18(16)19(23)21-22-12-20-14-9-5-6-10-15(14)22/h2-12H,1H3,(H,21,23). The zero-order chi connectivity index (χ0) is 17.2. The summed E-state index contributed by atoms with van der Waals surface area (Å²) in [6, 6.07) is 19.4. The van der Waals surface area contributed by atoms with Crippen LogP contribution in [0, 0.1) is 0 Å². The number of amides is 1. The molecule has 1 N–H and O–H groups in total. The number of thiophene rings is 1. The Bertz CT molecular complexity index is 1040. The summed E-state index contributed by atoms with van der Waals surface area (Å²) in [6.07, 6.45) is 1.60. The van der Waals surface area contributed by atoms with Gasteiger partial charge in [-0.05, 0) is 23.8 Å². The SMILES string of the molecule is COc1cc(-c2ccccc2)sc1C(=O)Nn1cnc2ccccc21. The minimum absolute atomic E-state index is 0.229. The number of imidazole rings is 1. The van der Waals surface area contributed by atoms with Crippen LogP contribution in [0.3, 0.4) is 0 Å². The number of carbonyl (C=O) groups excluding carboxylic acids is 1. The number of aromatic nitrogens is 2. The predicted molar refractivity (Wildman–Crippen MR) is 99.7 cm³/mol. The van der Waals surface area contributed by atoms with E-state index in [2.05, 4.69) is 10.4 Å². The molecular formula is C19H15N3O2S. The van der Waals surface area contributed by atoms with E-state index < -0.39 is 0 Å². The number of methoxy groups -OCH3 is 1. The average molecular weight is 349 g/mol. The smallest absolute Gasteiger partial charge is 0.284 e. The van der Waals surface area contributed by atoms with Gasteiger partial charge in [0.25, 0.3) is 5.91 Å². The summed E-state index contributed by atoms with van der Waals surface area (Å²) in [6.45, 7) is 0. The van der Waals surface area contributed by atoms with Crippen LogP contribution in [0.1, 0.15) is 9.67 Å². The summed E-state index contributed by atoms with van der Waals surface area (Å²) in [5.74, 6) is 0.331. The van der Waals surface area contributed by atoms with Crippen molar-refractivity contribution in [2.45, 2.75) is 0 Å². The highest BCUT2D eigenvalue weighted by Gasteiger charge is 2.19. The van der Waals surface area contributed by atoms with E-state index in [-0.39, 0.29) is 5.91 Å². The minimum atomic E-state index is -0.229. The first kappa shape index (κ1) is 15.4. The lowest BCUT2D eigenvalue weighted by Gasteiger charge is -2.07. The van der Waals surface area contributed by atoms with E-state index in [1.165, 1.54) is 11.3 Å². The van der Waals surface area contributed by atoms with Crippen molar-refractivity contribution in [1.82, 2.24) is 9.66 Å². The number of carbonyl (C=O) groups is 1. The fourth-order valence-corrected chi connectivity index (χ4v) is 3.66. The maximum atomic E-state index is 12.8. The fourth-order valence-electron chi connectivity index (χ4n) is 2.64. The monoisotopic (exact) mass is 349 g/mol. The molecule has 0 aliphatic rings. The Balaban J connectivity index is 1.67. The van der Waals surface area contributed by atoms with Crippen molar-refractivity contribution in [2.24, 2.45) is 0 Å². The number of para-hydroxylation sites is 2. The quantitative estimate of drug-likeness (QED) is 0.602. The van der Waals surface area contributed by atoms with Crippen LogP contribution in [0.15, 0.2) is 67.0 Å². The number of hydrogen-bond acceptors (Lipinski definition) is 4. The Morgan fingerprint density at radius 1 is 1.12 bits per heavy atom. The van der Waals surface area contributed by atoms with Crippen molar-refractivity contribution in [1.29, 1.82) is 0 Å². The predicted octanol–water partition coefficient (Wildman–Crippen LogP) is 4.16. The van der Waals surface area contributed by atoms with Gasteiger partial charge in [0, 0.05) is 4.88 Å². The average Bonchev–Trinajstić information content (AvgIpc) is 3.27. The van der Waals surface area contributed by atoms with Crippen molar-refractivity contribution in [2.75, 3.05) is 12.5 Å². The zero-order valence-electron chi connectivity index (χ0n) is 13.5. The lowest BCUT2D eigenvalue weighted by atomic mass is 10.2. The van der Waals surface area contributed by atoms with Gasteiger partial charge in [0.05, 0.1) is 18.1 Å². The molecule has 4 aromatic rings. The van der Waals surface area contributed by atoms with E-state index in [1.54, 1.807) is 18.1 Å². The third-order valence-electron chi connectivity index (χ3n) is 3.86. The van der Waals surface area contributed by atoms with Gasteiger partial charge in [-0.2, -0.15) is 0 Å². The molecule has 2 heterocycles. The molecular weight excluding hydrogens is 334 g/mol. The van der Waals surface area contributed by atoms with Crippen molar-refractivity contribution in [3.63, 3.8) is 0 Å². The van der Waals surface area contributed by atoms with Crippen LogP contribution in [-0.4, -0.2) is 22.7 Å². The Morgan fingerprint density at radius 3 is 2.68 bits per heavy atom. The van der Waals surface area contributed by atoms with Gasteiger partial charge in [0.2, 0.25) is 0 Å². The van der Waals surface area contributed by atoms with Crippen molar-refractivity contribution in [3.05, 3.63) is 71.9 Å². The number of rotatable bonds is 4. The Labute approximate surface area is 148 Å². The molecule has 0 unspecified atom stereocenters. The van der Waals surface area contributed by atoms with E-state index in [0.29, 0.717) is 10.6 Å².